The molecule has 0 aliphatic heterocycles. The molecular formula is C25H41ClO3. The average molecular weight is 425 g/mol. The molecule has 3 nitrogen and oxygen atoms in total. The van der Waals surface area contributed by atoms with Crippen LogP contribution >= 0.6 is 11.6 Å². The number of ether oxygens (including phenoxy) is 2. The molecule has 0 amide bonds. The summed E-state index contributed by atoms with van der Waals surface area (Å²) in [5.41, 5.74) is 0.845. The Balaban J connectivity index is 2.23. The first kappa shape index (κ1) is 25.8. The molecule has 1 unspecified atom stereocenters. The van der Waals surface area contributed by atoms with Crippen molar-refractivity contribution in [3.63, 3.8) is 0 Å². The van der Waals surface area contributed by atoms with Crippen LogP contribution in [0.25, 0.3) is 0 Å². The first-order valence-corrected chi connectivity index (χ1v) is 11.9. The van der Waals surface area contributed by atoms with Gasteiger partial charge in [0.05, 0.1) is 19.2 Å². The van der Waals surface area contributed by atoms with Gasteiger partial charge in [-0.25, -0.2) is 0 Å². The molecule has 0 heterocycles. The zero-order chi connectivity index (χ0) is 21.5. The minimum Gasteiger partial charge on any atom is -0.496 e. The molecule has 0 aromatic heterocycles. The number of hydrogen-bond donors (Lipinski definition) is 0. The lowest BCUT2D eigenvalue weighted by molar-refractivity contribution is -0.120. The predicted octanol–water partition coefficient (Wildman–Crippen LogP) is 8.12. The largest absolute Gasteiger partial charge is 0.496 e. The molecule has 1 atom stereocenters. The molecule has 0 saturated heterocycles. The minimum absolute atomic E-state index is 0.219. The predicted molar refractivity (Wildman–Crippen MR) is 124 cm³/mol. The minimum atomic E-state index is -0.219. The van der Waals surface area contributed by atoms with E-state index >= 15 is 0 Å². The van der Waals surface area contributed by atoms with Crippen molar-refractivity contribution in [1.82, 2.24) is 0 Å². The first-order valence-electron chi connectivity index (χ1n) is 11.5. The molecule has 0 spiro atoms. The topological polar surface area (TPSA) is 35.5 Å². The Kier molecular flexibility index (Phi) is 13.9. The van der Waals surface area contributed by atoms with Crippen molar-refractivity contribution in [3.8, 4) is 11.5 Å². The van der Waals surface area contributed by atoms with E-state index in [2.05, 4.69) is 6.92 Å². The highest BCUT2D eigenvalue weighted by Crippen LogP contribution is 2.37. The van der Waals surface area contributed by atoms with E-state index in [9.17, 15) is 4.79 Å². The lowest BCUT2D eigenvalue weighted by Gasteiger charge is -2.17. The van der Waals surface area contributed by atoms with Crippen molar-refractivity contribution in [3.05, 3.63) is 22.7 Å². The summed E-state index contributed by atoms with van der Waals surface area (Å²) in [4.78, 5) is 12.6. The van der Waals surface area contributed by atoms with Crippen molar-refractivity contribution in [2.75, 3.05) is 14.2 Å². The van der Waals surface area contributed by atoms with E-state index in [1.807, 2.05) is 13.0 Å². The lowest BCUT2D eigenvalue weighted by Crippen LogP contribution is -2.10. The first-order chi connectivity index (χ1) is 14.0. The summed E-state index contributed by atoms with van der Waals surface area (Å²) in [6.45, 7) is 4.20. The number of carbonyl (C=O) groups is 1. The summed E-state index contributed by atoms with van der Waals surface area (Å²) < 4.78 is 10.7. The van der Waals surface area contributed by atoms with Gasteiger partial charge in [0.25, 0.3) is 0 Å². The van der Waals surface area contributed by atoms with E-state index in [4.69, 9.17) is 21.1 Å². The number of unbranched alkanes of at least 4 members (excludes halogenated alkanes) is 11. The van der Waals surface area contributed by atoms with Crippen molar-refractivity contribution < 1.29 is 14.3 Å². The van der Waals surface area contributed by atoms with Gasteiger partial charge in [-0.15, -0.1) is 0 Å². The number of carbonyl (C=O) groups excluding carboxylic acids is 1. The van der Waals surface area contributed by atoms with Crippen LogP contribution < -0.4 is 9.47 Å². The fourth-order valence-electron chi connectivity index (χ4n) is 3.75. The van der Waals surface area contributed by atoms with Crippen molar-refractivity contribution >= 4 is 17.4 Å². The molecule has 0 saturated carbocycles. The van der Waals surface area contributed by atoms with Gasteiger partial charge in [-0.05, 0) is 12.5 Å². The Morgan fingerprint density at radius 3 is 1.79 bits per heavy atom. The number of hydrogen-bond acceptors (Lipinski definition) is 3. The van der Waals surface area contributed by atoms with Gasteiger partial charge in [0.1, 0.15) is 17.3 Å². The van der Waals surface area contributed by atoms with E-state index < -0.39 is 0 Å². The summed E-state index contributed by atoms with van der Waals surface area (Å²) in [5.74, 6) is 1.25. The maximum atomic E-state index is 12.6. The second-order valence-corrected chi connectivity index (χ2v) is 8.46. The van der Waals surface area contributed by atoms with E-state index in [0.717, 1.165) is 18.4 Å². The van der Waals surface area contributed by atoms with Crippen molar-refractivity contribution in [1.29, 1.82) is 0 Å². The van der Waals surface area contributed by atoms with E-state index in [1.165, 1.54) is 64.2 Å². The number of methoxy groups -OCH3 is 2. The van der Waals surface area contributed by atoms with E-state index in [0.29, 0.717) is 22.9 Å². The summed E-state index contributed by atoms with van der Waals surface area (Å²) in [5, 5.41) is 0.494. The monoisotopic (exact) mass is 424 g/mol. The molecule has 0 N–H and O–H groups in total. The van der Waals surface area contributed by atoms with Crippen LogP contribution in [0.1, 0.15) is 109 Å². The van der Waals surface area contributed by atoms with Crippen LogP contribution in [-0.4, -0.2) is 20.0 Å². The van der Waals surface area contributed by atoms with Crippen molar-refractivity contribution in [2.24, 2.45) is 0 Å². The fourth-order valence-corrected chi connectivity index (χ4v) is 3.98. The van der Waals surface area contributed by atoms with Gasteiger partial charge in [0, 0.05) is 24.0 Å². The van der Waals surface area contributed by atoms with Gasteiger partial charge in [0.2, 0.25) is 0 Å². The number of ketones is 1. The highest BCUT2D eigenvalue weighted by molar-refractivity contribution is 6.32. The summed E-state index contributed by atoms with van der Waals surface area (Å²) in [6.07, 6.45) is 16.2. The van der Waals surface area contributed by atoms with Crippen LogP contribution in [0, 0.1) is 0 Å². The zero-order valence-corrected chi connectivity index (χ0v) is 19.8. The third-order valence-electron chi connectivity index (χ3n) is 5.73. The van der Waals surface area contributed by atoms with Crippen LogP contribution in [0.2, 0.25) is 5.02 Å². The fraction of sp³-hybridized carbons (Fsp3) is 0.720. The standard InChI is InChI=1S/C25H41ClO3/c1-5-6-7-8-9-10-11-12-13-14-15-16-17-23(27)20(2)21-18-25(29-4)22(26)19-24(21)28-3/h18-20H,5-17H2,1-4H3. The molecule has 166 valence electrons. The smallest absolute Gasteiger partial charge is 0.140 e. The van der Waals surface area contributed by atoms with Gasteiger partial charge in [-0.2, -0.15) is 0 Å². The average Bonchev–Trinajstić information content (AvgIpc) is 2.73. The molecule has 29 heavy (non-hydrogen) atoms. The quantitative estimate of drug-likeness (QED) is 0.237. The second kappa shape index (κ2) is 15.6. The van der Waals surface area contributed by atoms with Crippen LogP contribution in [0.5, 0.6) is 11.5 Å². The van der Waals surface area contributed by atoms with Gasteiger partial charge in [-0.1, -0.05) is 96.1 Å². The molecule has 0 aliphatic carbocycles. The Morgan fingerprint density at radius 2 is 1.31 bits per heavy atom. The highest BCUT2D eigenvalue weighted by Gasteiger charge is 2.21. The lowest BCUT2D eigenvalue weighted by atomic mass is 9.92. The molecule has 0 radical (unpaired) electrons. The number of halogens is 1. The number of rotatable bonds is 17. The van der Waals surface area contributed by atoms with Crippen LogP contribution in [0.3, 0.4) is 0 Å². The molecule has 4 heteroatoms. The van der Waals surface area contributed by atoms with E-state index in [-0.39, 0.29) is 11.7 Å². The van der Waals surface area contributed by atoms with Crippen LogP contribution in [0.4, 0.5) is 0 Å². The maximum Gasteiger partial charge on any atom is 0.140 e. The van der Waals surface area contributed by atoms with Crippen LogP contribution in [-0.2, 0) is 4.79 Å². The molecule has 0 bridgehead atoms. The molecule has 1 aromatic carbocycles. The van der Waals surface area contributed by atoms with Gasteiger partial charge < -0.3 is 9.47 Å². The Hall–Kier alpha value is -1.22. The molecule has 1 aromatic rings. The summed E-state index contributed by atoms with van der Waals surface area (Å²) in [6, 6.07) is 3.55. The molecule has 0 fully saturated rings. The van der Waals surface area contributed by atoms with Gasteiger partial charge in [-0.3, -0.25) is 4.79 Å². The van der Waals surface area contributed by atoms with Crippen LogP contribution in [0.15, 0.2) is 12.1 Å². The third kappa shape index (κ3) is 9.89. The molecule has 1 rings (SSSR count). The summed E-state index contributed by atoms with van der Waals surface area (Å²) in [7, 11) is 3.18. The molecular weight excluding hydrogens is 384 g/mol. The maximum absolute atomic E-state index is 12.6. The Bertz CT molecular complexity index is 586. The third-order valence-corrected chi connectivity index (χ3v) is 6.03. The van der Waals surface area contributed by atoms with Gasteiger partial charge >= 0.3 is 0 Å². The Morgan fingerprint density at radius 1 is 0.828 bits per heavy atom. The normalized spacial score (nSPS) is 12.0. The van der Waals surface area contributed by atoms with Crippen molar-refractivity contribution in [2.45, 2.75) is 103 Å². The number of Topliss-reactive ketones (excluding diaryl/α,β-unsaturated/α-hetero) is 1. The second-order valence-electron chi connectivity index (χ2n) is 8.06. The molecule has 0 aliphatic rings. The Labute approximate surface area is 183 Å². The number of benzene rings is 1. The zero-order valence-electron chi connectivity index (χ0n) is 19.0. The summed E-state index contributed by atoms with van der Waals surface area (Å²) >= 11 is 6.17. The highest BCUT2D eigenvalue weighted by atomic mass is 35.5. The van der Waals surface area contributed by atoms with Gasteiger partial charge in [0.15, 0.2) is 0 Å². The van der Waals surface area contributed by atoms with E-state index in [1.54, 1.807) is 20.3 Å². The SMILES string of the molecule is CCCCCCCCCCCCCCC(=O)C(C)c1cc(OC)c(Cl)cc1OC.